The largest absolute Gasteiger partial charge is 0.316 e. The Kier molecular flexibility index (Phi) is 3.26. The number of rotatable bonds is 3. The highest BCUT2D eigenvalue weighted by Crippen LogP contribution is 2.58. The second-order valence-corrected chi connectivity index (χ2v) is 5.48. The molecule has 1 aromatic rings. The van der Waals surface area contributed by atoms with Crippen molar-refractivity contribution >= 4 is 0 Å². The maximum atomic E-state index is 13.9. The molecule has 0 heterocycles. The van der Waals surface area contributed by atoms with E-state index in [0.29, 0.717) is 17.9 Å². The molecule has 1 saturated carbocycles. The second kappa shape index (κ2) is 4.41. The molecule has 4 unspecified atom stereocenters. The quantitative estimate of drug-likeness (QED) is 0.844. The third-order valence-corrected chi connectivity index (χ3v) is 4.79. The zero-order chi connectivity index (χ0) is 12.6. The summed E-state index contributed by atoms with van der Waals surface area (Å²) in [5.41, 5.74) is 1.05. The highest BCUT2D eigenvalue weighted by Gasteiger charge is 2.56. The third-order valence-electron chi connectivity index (χ3n) is 4.79. The van der Waals surface area contributed by atoms with E-state index in [1.807, 2.05) is 19.2 Å². The Bertz CT molecular complexity index is 404. The standard InChI is InChI=1S/C15H22FN/c1-5-15(3)13(10(2)14(15)17-4)11-8-6-7-9-12(11)16/h6-10,13-14,17H,5H2,1-4H3. The van der Waals surface area contributed by atoms with Gasteiger partial charge in [0.05, 0.1) is 0 Å². The minimum absolute atomic E-state index is 0.0569. The Hall–Kier alpha value is -0.890. The van der Waals surface area contributed by atoms with E-state index in [1.165, 1.54) is 0 Å². The molecule has 0 aliphatic heterocycles. The lowest BCUT2D eigenvalue weighted by atomic mass is 9.48. The molecule has 0 bridgehead atoms. The SMILES string of the molecule is CCC1(C)C(NC)C(C)C1c1ccccc1F. The summed E-state index contributed by atoms with van der Waals surface area (Å²) < 4.78 is 13.9. The molecular formula is C15H22FN. The van der Waals surface area contributed by atoms with Crippen LogP contribution in [0.3, 0.4) is 0 Å². The Balaban J connectivity index is 2.37. The molecule has 0 aromatic heterocycles. The van der Waals surface area contributed by atoms with E-state index in [9.17, 15) is 4.39 Å². The molecule has 94 valence electrons. The molecule has 1 nitrogen and oxygen atoms in total. The maximum Gasteiger partial charge on any atom is 0.126 e. The smallest absolute Gasteiger partial charge is 0.126 e. The first-order valence-electron chi connectivity index (χ1n) is 6.48. The summed E-state index contributed by atoms with van der Waals surface area (Å²) in [6, 6.07) is 7.70. The first-order chi connectivity index (χ1) is 8.06. The fraction of sp³-hybridized carbons (Fsp3) is 0.600. The molecule has 17 heavy (non-hydrogen) atoms. The monoisotopic (exact) mass is 235 g/mol. The lowest BCUT2D eigenvalue weighted by Crippen LogP contribution is -2.62. The van der Waals surface area contributed by atoms with E-state index in [-0.39, 0.29) is 11.2 Å². The van der Waals surface area contributed by atoms with Gasteiger partial charge in [0.2, 0.25) is 0 Å². The predicted molar refractivity (Wildman–Crippen MR) is 69.6 cm³/mol. The molecule has 1 N–H and O–H groups in total. The van der Waals surface area contributed by atoms with Crippen molar-refractivity contribution in [3.05, 3.63) is 35.6 Å². The fourth-order valence-corrected chi connectivity index (χ4v) is 3.87. The minimum atomic E-state index is -0.0569. The van der Waals surface area contributed by atoms with Gasteiger partial charge in [0, 0.05) is 6.04 Å². The van der Waals surface area contributed by atoms with Crippen LogP contribution in [0.25, 0.3) is 0 Å². The predicted octanol–water partition coefficient (Wildman–Crippen LogP) is 3.56. The maximum absolute atomic E-state index is 13.9. The number of halogens is 1. The summed E-state index contributed by atoms with van der Waals surface area (Å²) in [5.74, 6) is 0.756. The molecule has 4 atom stereocenters. The van der Waals surface area contributed by atoms with Crippen LogP contribution in [0.4, 0.5) is 4.39 Å². The van der Waals surface area contributed by atoms with Gasteiger partial charge in [-0.1, -0.05) is 39.0 Å². The van der Waals surface area contributed by atoms with Crippen LogP contribution in [0, 0.1) is 17.2 Å². The molecule has 0 radical (unpaired) electrons. The van der Waals surface area contributed by atoms with Crippen molar-refractivity contribution in [2.24, 2.45) is 11.3 Å². The molecule has 0 saturated heterocycles. The molecule has 2 heteroatoms. The fourth-order valence-electron chi connectivity index (χ4n) is 3.87. The topological polar surface area (TPSA) is 12.0 Å². The summed E-state index contributed by atoms with van der Waals surface area (Å²) in [4.78, 5) is 0. The van der Waals surface area contributed by atoms with Gasteiger partial charge in [0.15, 0.2) is 0 Å². The van der Waals surface area contributed by atoms with Crippen molar-refractivity contribution in [3.63, 3.8) is 0 Å². The van der Waals surface area contributed by atoms with E-state index in [4.69, 9.17) is 0 Å². The van der Waals surface area contributed by atoms with Crippen LogP contribution < -0.4 is 5.32 Å². The van der Waals surface area contributed by atoms with Gasteiger partial charge in [-0.25, -0.2) is 4.39 Å². The van der Waals surface area contributed by atoms with E-state index in [1.54, 1.807) is 12.1 Å². The summed E-state index contributed by atoms with van der Waals surface area (Å²) in [5, 5.41) is 3.39. The highest BCUT2D eigenvalue weighted by atomic mass is 19.1. The van der Waals surface area contributed by atoms with Crippen molar-refractivity contribution in [2.45, 2.75) is 39.2 Å². The molecule has 0 spiro atoms. The average molecular weight is 235 g/mol. The summed E-state index contributed by atoms with van der Waals surface area (Å²) in [6.45, 7) is 6.69. The van der Waals surface area contributed by atoms with Gasteiger partial charge in [0.1, 0.15) is 5.82 Å². The zero-order valence-electron chi connectivity index (χ0n) is 11.1. The van der Waals surface area contributed by atoms with Crippen LogP contribution >= 0.6 is 0 Å². The lowest BCUT2D eigenvalue weighted by Gasteiger charge is -2.59. The van der Waals surface area contributed by atoms with E-state index < -0.39 is 0 Å². The molecule has 2 rings (SSSR count). The van der Waals surface area contributed by atoms with E-state index in [0.717, 1.165) is 12.0 Å². The minimum Gasteiger partial charge on any atom is -0.316 e. The van der Waals surface area contributed by atoms with E-state index >= 15 is 0 Å². The first-order valence-corrected chi connectivity index (χ1v) is 6.48. The van der Waals surface area contributed by atoms with Gasteiger partial charge in [-0.15, -0.1) is 0 Å². The lowest BCUT2D eigenvalue weighted by molar-refractivity contribution is -0.0171. The van der Waals surface area contributed by atoms with Gasteiger partial charge >= 0.3 is 0 Å². The molecule has 1 fully saturated rings. The van der Waals surface area contributed by atoms with Crippen LogP contribution in [0.1, 0.15) is 38.7 Å². The summed E-state index contributed by atoms with van der Waals surface area (Å²) in [7, 11) is 2.01. The average Bonchev–Trinajstić information content (AvgIpc) is 2.32. The number of hydrogen-bond donors (Lipinski definition) is 1. The van der Waals surface area contributed by atoms with Gasteiger partial charge in [-0.2, -0.15) is 0 Å². The van der Waals surface area contributed by atoms with Gasteiger partial charge in [-0.3, -0.25) is 0 Å². The molecule has 1 aromatic carbocycles. The Morgan fingerprint density at radius 3 is 2.53 bits per heavy atom. The van der Waals surface area contributed by atoms with Crippen LogP contribution in [0.15, 0.2) is 24.3 Å². The number of benzene rings is 1. The molecule has 1 aliphatic carbocycles. The Morgan fingerprint density at radius 1 is 1.35 bits per heavy atom. The van der Waals surface area contributed by atoms with Gasteiger partial charge < -0.3 is 5.32 Å². The second-order valence-electron chi connectivity index (χ2n) is 5.48. The first kappa shape index (κ1) is 12.6. The van der Waals surface area contributed by atoms with Crippen molar-refractivity contribution in [1.29, 1.82) is 0 Å². The van der Waals surface area contributed by atoms with Gasteiger partial charge in [0.25, 0.3) is 0 Å². The van der Waals surface area contributed by atoms with Crippen LogP contribution in [0.5, 0.6) is 0 Å². The normalized spacial score (nSPS) is 36.6. The van der Waals surface area contributed by atoms with Crippen molar-refractivity contribution in [1.82, 2.24) is 5.32 Å². The third kappa shape index (κ3) is 1.70. The number of hydrogen-bond acceptors (Lipinski definition) is 1. The van der Waals surface area contributed by atoms with Crippen molar-refractivity contribution < 1.29 is 4.39 Å². The van der Waals surface area contributed by atoms with Crippen molar-refractivity contribution in [2.75, 3.05) is 7.05 Å². The summed E-state index contributed by atoms with van der Waals surface area (Å²) >= 11 is 0. The number of nitrogens with one attached hydrogen (secondary N) is 1. The molecular weight excluding hydrogens is 213 g/mol. The van der Waals surface area contributed by atoms with Gasteiger partial charge in [-0.05, 0) is 42.3 Å². The zero-order valence-corrected chi connectivity index (χ0v) is 11.1. The summed E-state index contributed by atoms with van der Waals surface area (Å²) in [6.07, 6.45) is 1.07. The van der Waals surface area contributed by atoms with Crippen LogP contribution in [-0.2, 0) is 0 Å². The van der Waals surface area contributed by atoms with Crippen LogP contribution in [-0.4, -0.2) is 13.1 Å². The Labute approximate surface area is 103 Å². The van der Waals surface area contributed by atoms with Crippen molar-refractivity contribution in [3.8, 4) is 0 Å². The van der Waals surface area contributed by atoms with Crippen LogP contribution in [0.2, 0.25) is 0 Å². The Morgan fingerprint density at radius 2 is 2.00 bits per heavy atom. The van der Waals surface area contributed by atoms with E-state index in [2.05, 4.69) is 26.1 Å². The highest BCUT2D eigenvalue weighted by molar-refractivity contribution is 5.31. The molecule has 1 aliphatic rings. The molecule has 0 amide bonds.